The summed E-state index contributed by atoms with van der Waals surface area (Å²) in [6.45, 7) is -0.859. The molecule has 5 aliphatic heterocycles. The van der Waals surface area contributed by atoms with E-state index in [1.165, 1.54) is 37.3 Å². The van der Waals surface area contributed by atoms with Crippen molar-refractivity contribution in [1.29, 1.82) is 0 Å². The number of aromatic hydroxyl groups is 4. The second-order valence-electron chi connectivity index (χ2n) is 18.3. The van der Waals surface area contributed by atoms with Gasteiger partial charge < -0.3 is 134 Å². The van der Waals surface area contributed by atoms with Crippen molar-refractivity contribution in [3.8, 4) is 57.1 Å². The summed E-state index contributed by atoms with van der Waals surface area (Å²) in [6, 6.07) is 10.7. The van der Waals surface area contributed by atoms with E-state index in [1.54, 1.807) is 0 Å². The summed E-state index contributed by atoms with van der Waals surface area (Å²) < 4.78 is 56.8. The average Bonchev–Trinajstić information content (AvgIpc) is 3.41. The molecule has 20 atom stereocenters. The number of aliphatic hydroxyl groups is 12. The Balaban J connectivity index is 1.02. The fraction of sp³-hybridized carbons (Fsp3) is 0.500. The van der Waals surface area contributed by atoms with Gasteiger partial charge in [0, 0.05) is 17.7 Å². The van der Waals surface area contributed by atoms with E-state index in [-0.39, 0.29) is 22.6 Å². The average molecular weight is 1080 g/mol. The van der Waals surface area contributed by atoms with Crippen LogP contribution in [-0.4, -0.2) is 235 Å². The molecule has 0 amide bonds. The summed E-state index contributed by atoms with van der Waals surface area (Å²) in [5, 5.41) is 169. The molecule has 0 unspecified atom stereocenters. The van der Waals surface area contributed by atoms with Crippen molar-refractivity contribution < 1.29 is 134 Å². The van der Waals surface area contributed by atoms with Crippen molar-refractivity contribution in [2.24, 2.45) is 0 Å². The van der Waals surface area contributed by atoms with Gasteiger partial charge in [0.2, 0.25) is 19.2 Å². The molecule has 17 N–H and O–H groups in total. The number of rotatable bonds is 15. The fourth-order valence-corrected chi connectivity index (χ4v) is 8.61. The van der Waals surface area contributed by atoms with Gasteiger partial charge in [0.15, 0.2) is 46.8 Å². The first-order chi connectivity index (χ1) is 36.0. The van der Waals surface area contributed by atoms with Crippen LogP contribution in [0.1, 0.15) is 12.5 Å². The van der Waals surface area contributed by atoms with Crippen LogP contribution in [0.15, 0.2) is 69.9 Å². The Labute approximate surface area is 428 Å². The molecular weight excluding hydrogens is 1020 g/mol. The zero-order chi connectivity index (χ0) is 55.0. The van der Waals surface area contributed by atoms with Crippen LogP contribution in [0.25, 0.3) is 28.7 Å². The highest BCUT2D eigenvalue weighted by Crippen LogP contribution is 2.45. The Morgan fingerprint density at radius 1 is 0.618 bits per heavy atom. The Hall–Kier alpha value is -5.84. The number of hydrogen-bond donors (Lipinski definition) is 16. The summed E-state index contributed by atoms with van der Waals surface area (Å²) in [4.78, 5) is 24.2. The minimum absolute atomic E-state index is 0.00915. The molecule has 0 bridgehead atoms. The van der Waals surface area contributed by atoms with E-state index < -0.39 is 189 Å². The van der Waals surface area contributed by atoms with Gasteiger partial charge in [-0.25, -0.2) is 0 Å². The van der Waals surface area contributed by atoms with Gasteiger partial charge in [-0.05, 0) is 48.9 Å². The molecule has 0 saturated carbocycles. The second kappa shape index (κ2) is 23.4. The van der Waals surface area contributed by atoms with Crippen LogP contribution in [0, 0.1) is 0 Å². The highest BCUT2D eigenvalue weighted by Gasteiger charge is 2.53. The van der Waals surface area contributed by atoms with Crippen LogP contribution >= 0.6 is 0 Å². The molecule has 0 radical (unpaired) electrons. The molecule has 2 aromatic carbocycles. The van der Waals surface area contributed by atoms with E-state index in [1.807, 2.05) is 0 Å². The van der Waals surface area contributed by atoms with Crippen molar-refractivity contribution in [1.82, 2.24) is 0 Å². The lowest BCUT2D eigenvalue weighted by molar-refractivity contribution is -0.352. The summed E-state index contributed by atoms with van der Waals surface area (Å²) >= 11 is 0. The maximum Gasteiger partial charge on any atom is 0.510 e. The number of fused-ring (bicyclic) bond motifs is 1. The predicted molar refractivity (Wildman–Crippen MR) is 248 cm³/mol. The van der Waals surface area contributed by atoms with Gasteiger partial charge in [-0.15, -0.1) is 0 Å². The van der Waals surface area contributed by atoms with Crippen LogP contribution < -0.4 is 14.9 Å². The number of carbonyl (C=O) groups excluding carboxylic acids is 1. The molecule has 4 saturated heterocycles. The van der Waals surface area contributed by atoms with Crippen LogP contribution in [0.4, 0.5) is 0 Å². The van der Waals surface area contributed by atoms with Gasteiger partial charge in [-0.3, -0.25) is 4.79 Å². The van der Waals surface area contributed by atoms with Crippen LogP contribution in [0.5, 0.6) is 34.5 Å². The van der Waals surface area contributed by atoms with Crippen molar-refractivity contribution in [2.45, 2.75) is 130 Å². The van der Waals surface area contributed by atoms with Gasteiger partial charge in [-0.1, -0.05) is 12.1 Å². The standard InChI is InChI=1S/C48H56O28/c1-16-31(55)36(60)39(63)45(69-16)68-15-29-34(58)37(61)40(64)46(74-29)72-26-12-21-22(51)10-20(11-25(21)71-43(26)18-8-23(52)32(56)24(53)9-18)70-48-42(66)44(35(59)27(13-49)73-48)76-47-41(65)38(62)33(57)28(75-47)14-67-30(54)7-4-17-2-5-19(50)6-3-17/h2-12,16,27-29,31,33-42,44-50,52-53,55-66H,13-15H2,1H3/p+1/t16-,27+,28+,29+,31-,33+,34+,35+,36+,37-,38-,39+,40+,41+,42+,44-,45+,46+,47-,48+/m0/s1. The maximum absolute atomic E-state index is 13.9. The number of aliphatic hydroxyl groups excluding tert-OH is 12. The van der Waals surface area contributed by atoms with Crippen LogP contribution in [0.3, 0.4) is 0 Å². The third-order valence-electron chi connectivity index (χ3n) is 13.0. The molecule has 416 valence electrons. The first-order valence-corrected chi connectivity index (χ1v) is 23.4. The van der Waals surface area contributed by atoms with Gasteiger partial charge in [-0.2, -0.15) is 0 Å². The number of phenols is 4. The number of phenolic OH excluding ortho intramolecular Hbond substituents is 4. The zero-order valence-electron chi connectivity index (χ0n) is 39.6. The summed E-state index contributed by atoms with van der Waals surface area (Å²) in [7, 11) is 0. The normalized spacial score (nSPS) is 36.0. The van der Waals surface area contributed by atoms with E-state index in [0.29, 0.717) is 5.56 Å². The van der Waals surface area contributed by atoms with Gasteiger partial charge in [0.25, 0.3) is 0 Å². The lowest BCUT2D eigenvalue weighted by Crippen LogP contribution is -2.65. The van der Waals surface area contributed by atoms with Crippen molar-refractivity contribution in [3.63, 3.8) is 0 Å². The minimum Gasteiger partial charge on any atom is -0.508 e. The molecule has 8 rings (SSSR count). The molecule has 76 heavy (non-hydrogen) atoms. The van der Waals surface area contributed by atoms with Gasteiger partial charge in [0.05, 0.1) is 31.0 Å². The highest BCUT2D eigenvalue weighted by atomic mass is 16.8. The highest BCUT2D eigenvalue weighted by molar-refractivity contribution is 5.88. The Morgan fingerprint density at radius 2 is 1.20 bits per heavy atom. The van der Waals surface area contributed by atoms with E-state index in [4.69, 9.17) is 47.0 Å². The third-order valence-corrected chi connectivity index (χ3v) is 13.0. The van der Waals surface area contributed by atoms with Crippen molar-refractivity contribution >= 4 is 12.0 Å². The van der Waals surface area contributed by atoms with Gasteiger partial charge in [0.1, 0.15) is 109 Å². The smallest absolute Gasteiger partial charge is 0.508 e. The van der Waals surface area contributed by atoms with Crippen molar-refractivity contribution in [3.05, 3.63) is 76.5 Å². The Morgan fingerprint density at radius 3 is 1.86 bits per heavy atom. The molecular formula is C48H57O28+. The summed E-state index contributed by atoms with van der Waals surface area (Å²) in [5.41, 5.74) is -0.902. The van der Waals surface area contributed by atoms with Crippen molar-refractivity contribution in [2.75, 3.05) is 19.8 Å². The molecule has 28 nitrogen and oxygen atoms in total. The van der Waals surface area contributed by atoms with E-state index in [0.717, 1.165) is 36.4 Å². The SMILES string of the molecule is C[C@@H]1O[C@@H](OC[C@H]2O[C@@H](Oc3cc4c(=O)cc(O[C@@H]5O[C@H](CO)[C@@H](O)[C@H](O[C@@H]6O[C@H](COC(=[OH+])C=Cc7ccc(O)cc7)[C@@H](O)[C@H](O)[C@H]6O)[C@H]5O)cc-4oc3-c3cc(O)c(O)c(O)c3)[C@H](O)[C@@H](O)[C@@H]2O)[C@H](O)[C@H](O)[C@H]1O. The monoisotopic (exact) mass is 1080 g/mol. The van der Waals surface area contributed by atoms with Gasteiger partial charge >= 0.3 is 5.97 Å². The van der Waals surface area contributed by atoms with E-state index >= 15 is 0 Å². The molecule has 0 aromatic heterocycles. The Bertz CT molecular complexity index is 2660. The first-order valence-electron chi connectivity index (χ1n) is 23.4. The summed E-state index contributed by atoms with van der Waals surface area (Å²) in [6.07, 6.45) is -33.0. The fourth-order valence-electron chi connectivity index (χ4n) is 8.61. The molecule has 4 fully saturated rings. The zero-order valence-corrected chi connectivity index (χ0v) is 39.6. The second-order valence-corrected chi connectivity index (χ2v) is 18.3. The predicted octanol–water partition coefficient (Wildman–Crippen LogP) is -4.49. The molecule has 0 spiro atoms. The molecule has 6 aliphatic rings. The molecule has 28 heteroatoms. The molecule has 2 aromatic rings. The number of benzene rings is 3. The topological polar surface area (TPSA) is 458 Å². The lowest BCUT2D eigenvalue weighted by Gasteiger charge is -2.45. The Kier molecular flexibility index (Phi) is 17.4. The van der Waals surface area contributed by atoms with Crippen LogP contribution in [0.2, 0.25) is 0 Å². The number of ether oxygens (including phenoxy) is 9. The molecule has 5 heterocycles. The van der Waals surface area contributed by atoms with E-state index in [2.05, 4.69) is 0 Å². The first kappa shape index (κ1) is 56.4. The maximum atomic E-state index is 13.9. The lowest BCUT2D eigenvalue weighted by atomic mass is 9.97. The number of hydrogen-bond acceptors (Lipinski definition) is 27. The summed E-state index contributed by atoms with van der Waals surface area (Å²) in [5.74, 6) is -5.09. The van der Waals surface area contributed by atoms with Crippen LogP contribution in [-0.2, 0) is 33.2 Å². The molecule has 1 aliphatic carbocycles. The van der Waals surface area contributed by atoms with E-state index in [9.17, 15) is 91.3 Å². The largest absolute Gasteiger partial charge is 0.510 e. The third kappa shape index (κ3) is 11.8. The minimum atomic E-state index is -2.07. The quantitative estimate of drug-likeness (QED) is 0.0231. The number of esters is 1.